The van der Waals surface area contributed by atoms with E-state index in [1.165, 1.54) is 0 Å². The fourth-order valence-electron chi connectivity index (χ4n) is 1.62. The van der Waals surface area contributed by atoms with Crippen LogP contribution in [0.5, 0.6) is 0 Å². The van der Waals surface area contributed by atoms with Crippen molar-refractivity contribution in [3.05, 3.63) is 23.8 Å². The third-order valence-corrected chi connectivity index (χ3v) is 2.52. The Morgan fingerprint density at radius 2 is 2.19 bits per heavy atom. The molecule has 4 nitrogen and oxygen atoms in total. The van der Waals surface area contributed by atoms with Gasteiger partial charge < -0.3 is 0 Å². The average molecular weight is 216 g/mol. The van der Waals surface area contributed by atoms with Crippen LogP contribution < -0.4 is 0 Å². The number of hydrogen-bond donors (Lipinski definition) is 0. The van der Waals surface area contributed by atoms with E-state index < -0.39 is 0 Å². The maximum atomic E-state index is 4.51. The van der Waals surface area contributed by atoms with Gasteiger partial charge >= 0.3 is 0 Å². The highest BCUT2D eigenvalue weighted by molar-refractivity contribution is 6.13. The van der Waals surface area contributed by atoms with Crippen molar-refractivity contribution in [1.29, 1.82) is 0 Å². The molecule has 1 aromatic rings. The summed E-state index contributed by atoms with van der Waals surface area (Å²) >= 11 is 0. The van der Waals surface area contributed by atoms with Crippen molar-refractivity contribution in [3.63, 3.8) is 0 Å². The van der Waals surface area contributed by atoms with Gasteiger partial charge in [-0.25, -0.2) is 9.97 Å². The highest BCUT2D eigenvalue weighted by Crippen LogP contribution is 2.10. The summed E-state index contributed by atoms with van der Waals surface area (Å²) < 4.78 is 0. The second kappa shape index (κ2) is 4.96. The Morgan fingerprint density at radius 1 is 1.31 bits per heavy atom. The molecule has 0 saturated carbocycles. The van der Waals surface area contributed by atoms with Gasteiger partial charge in [-0.1, -0.05) is 13.3 Å². The van der Waals surface area contributed by atoms with Crippen LogP contribution in [-0.2, 0) is 6.42 Å². The van der Waals surface area contributed by atoms with E-state index >= 15 is 0 Å². The van der Waals surface area contributed by atoms with Gasteiger partial charge in [0.15, 0.2) is 0 Å². The Labute approximate surface area is 95.5 Å². The zero-order valence-electron chi connectivity index (χ0n) is 9.77. The first-order chi connectivity index (χ1) is 7.79. The normalized spacial score (nSPS) is 14.9. The predicted molar refractivity (Wildman–Crippen MR) is 64.9 cm³/mol. The Kier molecular flexibility index (Phi) is 3.39. The van der Waals surface area contributed by atoms with Crippen LogP contribution in [0.3, 0.4) is 0 Å². The second-order valence-electron chi connectivity index (χ2n) is 4.02. The van der Waals surface area contributed by atoms with Crippen LogP contribution >= 0.6 is 0 Å². The van der Waals surface area contributed by atoms with Crippen molar-refractivity contribution >= 4 is 11.4 Å². The minimum Gasteiger partial charge on any atom is -0.241 e. The number of aryl methyl sites for hydroxylation is 1. The van der Waals surface area contributed by atoms with Crippen molar-refractivity contribution in [2.45, 2.75) is 39.5 Å². The van der Waals surface area contributed by atoms with E-state index in [-0.39, 0.29) is 0 Å². The highest BCUT2D eigenvalue weighted by Gasteiger charge is 2.12. The summed E-state index contributed by atoms with van der Waals surface area (Å²) in [5, 5.41) is 8.15. The minimum absolute atomic E-state index is 0.810. The molecule has 4 heteroatoms. The van der Waals surface area contributed by atoms with E-state index in [4.69, 9.17) is 0 Å². The van der Waals surface area contributed by atoms with Crippen molar-refractivity contribution in [3.8, 4) is 0 Å². The number of rotatable bonds is 4. The first kappa shape index (κ1) is 10.9. The van der Waals surface area contributed by atoms with Crippen molar-refractivity contribution in [2.24, 2.45) is 10.2 Å². The van der Waals surface area contributed by atoms with Crippen molar-refractivity contribution in [2.75, 3.05) is 0 Å². The van der Waals surface area contributed by atoms with Gasteiger partial charge in [0, 0.05) is 24.8 Å². The molecule has 0 fully saturated rings. The first-order valence-electron chi connectivity index (χ1n) is 5.72. The summed E-state index contributed by atoms with van der Waals surface area (Å²) in [4.78, 5) is 8.78. The summed E-state index contributed by atoms with van der Waals surface area (Å²) in [6.45, 7) is 4.15. The molecule has 0 spiro atoms. The number of nitrogens with zero attached hydrogens (tertiary/aromatic N) is 4. The summed E-state index contributed by atoms with van der Waals surface area (Å²) in [6, 6.07) is 1.91. The molecule has 0 aromatic carbocycles. The molecule has 0 amide bonds. The molecule has 0 radical (unpaired) electrons. The smallest absolute Gasteiger partial charge is 0.129 e. The molecule has 1 aliphatic heterocycles. The van der Waals surface area contributed by atoms with Crippen molar-refractivity contribution < 1.29 is 0 Å². The molecular formula is C12H16N4. The van der Waals surface area contributed by atoms with Gasteiger partial charge in [-0.3, -0.25) is 0 Å². The SMILES string of the molecule is CCCCc1nccc(C2=NN=C(C)C2)n1. The summed E-state index contributed by atoms with van der Waals surface area (Å²) in [6.07, 6.45) is 5.85. The first-order valence-corrected chi connectivity index (χ1v) is 5.72. The minimum atomic E-state index is 0.810. The fraction of sp³-hybridized carbons (Fsp3) is 0.500. The molecule has 0 bridgehead atoms. The van der Waals surface area contributed by atoms with Gasteiger partial charge in [-0.05, 0) is 19.4 Å². The predicted octanol–water partition coefficient (Wildman–Crippen LogP) is 2.39. The number of unbranched alkanes of at least 4 members (excludes halogenated alkanes) is 1. The lowest BCUT2D eigenvalue weighted by Gasteiger charge is -2.02. The van der Waals surface area contributed by atoms with Gasteiger partial charge in [0.2, 0.25) is 0 Å². The molecule has 0 atom stereocenters. The van der Waals surface area contributed by atoms with E-state index in [9.17, 15) is 0 Å². The molecule has 16 heavy (non-hydrogen) atoms. The quantitative estimate of drug-likeness (QED) is 0.776. The second-order valence-corrected chi connectivity index (χ2v) is 4.02. The summed E-state index contributed by atoms with van der Waals surface area (Å²) in [5.41, 5.74) is 2.92. The van der Waals surface area contributed by atoms with E-state index in [0.717, 1.165) is 48.6 Å². The molecule has 1 aliphatic rings. The van der Waals surface area contributed by atoms with E-state index in [1.54, 1.807) is 0 Å². The van der Waals surface area contributed by atoms with Crippen LogP contribution in [0.25, 0.3) is 0 Å². The fourth-order valence-corrected chi connectivity index (χ4v) is 1.62. The third kappa shape index (κ3) is 2.51. The summed E-state index contributed by atoms with van der Waals surface area (Å²) in [5.74, 6) is 0.909. The molecule has 0 aliphatic carbocycles. The van der Waals surface area contributed by atoms with Crippen LogP contribution in [0.2, 0.25) is 0 Å². The van der Waals surface area contributed by atoms with Crippen LogP contribution in [-0.4, -0.2) is 21.4 Å². The maximum absolute atomic E-state index is 4.51. The van der Waals surface area contributed by atoms with Crippen LogP contribution in [0.4, 0.5) is 0 Å². The van der Waals surface area contributed by atoms with Gasteiger partial charge in [-0.15, -0.1) is 0 Å². The molecule has 0 saturated heterocycles. The Balaban J connectivity index is 2.11. The Morgan fingerprint density at radius 3 is 2.88 bits per heavy atom. The maximum Gasteiger partial charge on any atom is 0.129 e. The zero-order chi connectivity index (χ0) is 11.4. The lowest BCUT2D eigenvalue weighted by molar-refractivity contribution is 0.751. The molecular weight excluding hydrogens is 200 g/mol. The monoisotopic (exact) mass is 216 g/mol. The van der Waals surface area contributed by atoms with Crippen LogP contribution in [0.15, 0.2) is 22.5 Å². The van der Waals surface area contributed by atoms with Crippen molar-refractivity contribution in [1.82, 2.24) is 9.97 Å². The summed E-state index contributed by atoms with van der Waals surface area (Å²) in [7, 11) is 0. The van der Waals surface area contributed by atoms with Crippen LogP contribution in [0, 0.1) is 0 Å². The lowest BCUT2D eigenvalue weighted by atomic mass is 10.1. The molecule has 1 aromatic heterocycles. The number of hydrogen-bond acceptors (Lipinski definition) is 4. The molecule has 84 valence electrons. The van der Waals surface area contributed by atoms with Gasteiger partial charge in [0.05, 0.1) is 11.4 Å². The number of aromatic nitrogens is 2. The van der Waals surface area contributed by atoms with Crippen LogP contribution in [0.1, 0.15) is 44.6 Å². The molecule has 0 unspecified atom stereocenters. The Hall–Kier alpha value is -1.58. The van der Waals surface area contributed by atoms with E-state index in [2.05, 4.69) is 27.1 Å². The Bertz CT molecular complexity index is 434. The molecule has 0 N–H and O–H groups in total. The molecule has 2 rings (SSSR count). The lowest BCUT2D eigenvalue weighted by Crippen LogP contribution is -2.07. The van der Waals surface area contributed by atoms with E-state index in [1.807, 2.05) is 19.2 Å². The zero-order valence-corrected chi connectivity index (χ0v) is 9.77. The standard InChI is InChI=1S/C12H16N4/c1-3-4-5-12-13-7-6-10(14-12)11-8-9(2)15-16-11/h6-7H,3-5,8H2,1-2H3. The van der Waals surface area contributed by atoms with Gasteiger partial charge in [0.1, 0.15) is 5.82 Å². The largest absolute Gasteiger partial charge is 0.241 e. The average Bonchev–Trinajstić information content (AvgIpc) is 2.74. The van der Waals surface area contributed by atoms with E-state index in [0.29, 0.717) is 0 Å². The third-order valence-electron chi connectivity index (χ3n) is 2.52. The van der Waals surface area contributed by atoms with Gasteiger partial charge in [-0.2, -0.15) is 10.2 Å². The topological polar surface area (TPSA) is 50.5 Å². The van der Waals surface area contributed by atoms with Gasteiger partial charge in [0.25, 0.3) is 0 Å². The highest BCUT2D eigenvalue weighted by atomic mass is 15.2. The molecule has 2 heterocycles.